The van der Waals surface area contributed by atoms with Gasteiger partial charge in [-0.25, -0.2) is 4.79 Å². The Hall–Kier alpha value is -0.990. The monoisotopic (exact) mass is 357 g/mol. The van der Waals surface area contributed by atoms with Crippen LogP contribution >= 0.6 is 0 Å². The van der Waals surface area contributed by atoms with Crippen molar-refractivity contribution in [2.75, 3.05) is 0 Å². The van der Waals surface area contributed by atoms with Crippen LogP contribution in [0.1, 0.15) is 85.0 Å². The van der Waals surface area contributed by atoms with Crippen molar-refractivity contribution in [3.8, 4) is 0 Å². The molecule has 6 bridgehead atoms. The van der Waals surface area contributed by atoms with Crippen molar-refractivity contribution < 1.29 is 9.53 Å². The van der Waals surface area contributed by atoms with Gasteiger partial charge in [0.1, 0.15) is 5.60 Å². The van der Waals surface area contributed by atoms with Gasteiger partial charge in [0, 0.05) is 6.04 Å². The average molecular weight is 358 g/mol. The summed E-state index contributed by atoms with van der Waals surface area (Å²) in [5.41, 5.74) is 1.84. The molecular formula is C23H35NO2. The predicted octanol–water partition coefficient (Wildman–Crippen LogP) is 5.69. The first-order chi connectivity index (χ1) is 12.3. The van der Waals surface area contributed by atoms with Gasteiger partial charge in [0.2, 0.25) is 0 Å². The molecule has 2 atom stereocenters. The molecule has 2 unspecified atom stereocenters. The molecule has 1 saturated heterocycles. The summed E-state index contributed by atoms with van der Waals surface area (Å²) in [6.07, 6.45) is 15.9. The number of carbonyl (C=O) groups excluding carboxylic acids is 1. The number of hydrogen-bond donors (Lipinski definition) is 0. The molecule has 144 valence electrons. The van der Waals surface area contributed by atoms with Crippen LogP contribution in [0.4, 0.5) is 4.79 Å². The third-order valence-corrected chi connectivity index (χ3v) is 7.96. The number of amides is 1. The summed E-state index contributed by atoms with van der Waals surface area (Å²) in [4.78, 5) is 15.0. The Balaban J connectivity index is 1.42. The van der Waals surface area contributed by atoms with Gasteiger partial charge in [-0.15, -0.1) is 0 Å². The van der Waals surface area contributed by atoms with Gasteiger partial charge in [-0.2, -0.15) is 0 Å². The Kier molecular flexibility index (Phi) is 3.79. The van der Waals surface area contributed by atoms with Gasteiger partial charge >= 0.3 is 6.09 Å². The van der Waals surface area contributed by atoms with E-state index in [9.17, 15) is 4.79 Å². The summed E-state index contributed by atoms with van der Waals surface area (Å²) in [5.74, 6) is 2.97. The van der Waals surface area contributed by atoms with Gasteiger partial charge in [0.15, 0.2) is 0 Å². The lowest BCUT2D eigenvalue weighted by Crippen LogP contribution is -2.55. The van der Waals surface area contributed by atoms with E-state index in [0.717, 1.165) is 37.0 Å². The van der Waals surface area contributed by atoms with Crippen molar-refractivity contribution in [2.24, 2.45) is 23.2 Å². The van der Waals surface area contributed by atoms with E-state index in [1.54, 1.807) is 5.57 Å². The molecule has 26 heavy (non-hydrogen) atoms. The van der Waals surface area contributed by atoms with Crippen LogP contribution in [0.5, 0.6) is 0 Å². The molecule has 6 rings (SSSR count). The van der Waals surface area contributed by atoms with E-state index in [1.165, 1.54) is 44.9 Å². The zero-order valence-corrected chi connectivity index (χ0v) is 16.8. The third kappa shape index (κ3) is 2.81. The maximum Gasteiger partial charge on any atom is 0.411 e. The minimum absolute atomic E-state index is 0.0898. The van der Waals surface area contributed by atoms with Gasteiger partial charge in [-0.3, -0.25) is 4.90 Å². The lowest BCUT2D eigenvalue weighted by Gasteiger charge is -2.59. The Morgan fingerprint density at radius 2 is 1.69 bits per heavy atom. The van der Waals surface area contributed by atoms with E-state index in [0.29, 0.717) is 11.5 Å². The van der Waals surface area contributed by atoms with Gasteiger partial charge in [-0.05, 0) is 108 Å². The molecule has 2 aliphatic heterocycles. The maximum atomic E-state index is 12.9. The molecule has 0 aromatic rings. The normalized spacial score (nSPS) is 44.0. The van der Waals surface area contributed by atoms with E-state index in [1.807, 2.05) is 20.8 Å². The van der Waals surface area contributed by atoms with Crippen molar-refractivity contribution in [3.05, 3.63) is 11.6 Å². The SMILES string of the molecule is CC(C)(C)OC(=O)N1C2C=C(C34CC5CC(CC(C5)C3)C4)CC1CCC2. The fourth-order valence-electron chi connectivity index (χ4n) is 7.53. The summed E-state index contributed by atoms with van der Waals surface area (Å²) in [5, 5.41) is 0. The van der Waals surface area contributed by atoms with Crippen LogP contribution in [0.3, 0.4) is 0 Å². The molecule has 5 fully saturated rings. The molecule has 0 spiro atoms. The smallest absolute Gasteiger partial charge is 0.411 e. The molecule has 3 nitrogen and oxygen atoms in total. The number of ether oxygens (including phenoxy) is 1. The first-order valence-electron chi connectivity index (χ1n) is 11.0. The zero-order chi connectivity index (χ0) is 18.1. The molecule has 4 aliphatic carbocycles. The zero-order valence-electron chi connectivity index (χ0n) is 16.8. The van der Waals surface area contributed by atoms with Crippen molar-refractivity contribution >= 4 is 6.09 Å². The van der Waals surface area contributed by atoms with Crippen molar-refractivity contribution in [1.82, 2.24) is 4.90 Å². The largest absolute Gasteiger partial charge is 0.444 e. The number of nitrogens with zero attached hydrogens (tertiary/aromatic N) is 1. The fourth-order valence-corrected chi connectivity index (χ4v) is 7.53. The average Bonchev–Trinajstić information content (AvgIpc) is 2.50. The number of hydrogen-bond acceptors (Lipinski definition) is 2. The third-order valence-electron chi connectivity index (χ3n) is 7.96. The van der Waals surface area contributed by atoms with Crippen molar-refractivity contribution in [2.45, 2.75) is 103 Å². The molecule has 1 amide bonds. The highest BCUT2D eigenvalue weighted by molar-refractivity contribution is 5.70. The second-order valence-corrected chi connectivity index (χ2v) is 11.1. The van der Waals surface area contributed by atoms with E-state index in [2.05, 4.69) is 11.0 Å². The number of fused-ring (bicyclic) bond motifs is 2. The highest BCUT2D eigenvalue weighted by Gasteiger charge is 2.54. The quantitative estimate of drug-likeness (QED) is 0.564. The maximum absolute atomic E-state index is 12.9. The summed E-state index contributed by atoms with van der Waals surface area (Å²) < 4.78 is 5.76. The molecule has 4 saturated carbocycles. The summed E-state index contributed by atoms with van der Waals surface area (Å²) in [7, 11) is 0. The van der Waals surface area contributed by atoms with Crippen molar-refractivity contribution in [1.29, 1.82) is 0 Å². The summed E-state index contributed by atoms with van der Waals surface area (Å²) in [6, 6.07) is 0.650. The van der Waals surface area contributed by atoms with Crippen molar-refractivity contribution in [3.63, 3.8) is 0 Å². The van der Waals surface area contributed by atoms with Crippen LogP contribution in [0, 0.1) is 23.2 Å². The van der Waals surface area contributed by atoms with Crippen LogP contribution in [0.2, 0.25) is 0 Å². The van der Waals surface area contributed by atoms with Crippen LogP contribution in [-0.2, 0) is 4.74 Å². The first-order valence-corrected chi connectivity index (χ1v) is 11.0. The van der Waals surface area contributed by atoms with Gasteiger partial charge in [0.25, 0.3) is 0 Å². The molecule has 0 N–H and O–H groups in total. The standard InChI is InChI=1S/C23H35NO2/c1-22(2,3)26-21(25)24-19-5-4-6-20(24)11-18(10-19)23-12-15-7-16(13-23)9-17(8-15)14-23/h10,15-17,19-20H,4-9,11-14H2,1-3H3. The Labute approximate surface area is 158 Å². The van der Waals surface area contributed by atoms with Crippen LogP contribution < -0.4 is 0 Å². The minimum Gasteiger partial charge on any atom is -0.444 e. The predicted molar refractivity (Wildman–Crippen MR) is 103 cm³/mol. The summed E-state index contributed by atoms with van der Waals surface area (Å²) >= 11 is 0. The Bertz CT molecular complexity index is 593. The molecule has 0 radical (unpaired) electrons. The molecule has 2 heterocycles. The Morgan fingerprint density at radius 1 is 1.08 bits per heavy atom. The molecule has 3 heteroatoms. The van der Waals surface area contributed by atoms with E-state index < -0.39 is 5.60 Å². The van der Waals surface area contributed by atoms with Crippen LogP contribution in [0.15, 0.2) is 11.6 Å². The molecule has 6 aliphatic rings. The van der Waals surface area contributed by atoms with E-state index in [-0.39, 0.29) is 12.1 Å². The first kappa shape index (κ1) is 17.1. The van der Waals surface area contributed by atoms with Gasteiger partial charge < -0.3 is 4.74 Å². The van der Waals surface area contributed by atoms with Gasteiger partial charge in [0.05, 0.1) is 6.04 Å². The lowest BCUT2D eigenvalue weighted by atomic mass is 9.47. The van der Waals surface area contributed by atoms with Crippen LogP contribution in [0.25, 0.3) is 0 Å². The number of rotatable bonds is 1. The molecule has 0 aromatic carbocycles. The molecular weight excluding hydrogens is 322 g/mol. The highest BCUT2D eigenvalue weighted by atomic mass is 16.6. The number of piperidine rings is 1. The molecule has 0 aromatic heterocycles. The van der Waals surface area contributed by atoms with Crippen LogP contribution in [-0.4, -0.2) is 28.7 Å². The highest BCUT2D eigenvalue weighted by Crippen LogP contribution is 2.64. The second-order valence-electron chi connectivity index (χ2n) is 11.1. The summed E-state index contributed by atoms with van der Waals surface area (Å²) in [6.45, 7) is 5.92. The lowest BCUT2D eigenvalue weighted by molar-refractivity contribution is -0.0410. The van der Waals surface area contributed by atoms with Gasteiger partial charge in [-0.1, -0.05) is 11.6 Å². The van der Waals surface area contributed by atoms with E-state index >= 15 is 0 Å². The topological polar surface area (TPSA) is 29.5 Å². The second kappa shape index (κ2) is 5.75. The fraction of sp³-hybridized carbons (Fsp3) is 0.870. The minimum atomic E-state index is -0.407. The number of carbonyl (C=O) groups is 1. The Morgan fingerprint density at radius 3 is 2.23 bits per heavy atom. The van der Waals surface area contributed by atoms with E-state index in [4.69, 9.17) is 4.74 Å².